The van der Waals surface area contributed by atoms with Crippen LogP contribution in [-0.4, -0.2) is 34.6 Å². The van der Waals surface area contributed by atoms with Crippen molar-refractivity contribution in [2.75, 3.05) is 6.54 Å². The molecule has 1 heterocycles. The Labute approximate surface area is 105 Å². The van der Waals surface area contributed by atoms with Crippen molar-refractivity contribution in [3.63, 3.8) is 0 Å². The minimum Gasteiger partial charge on any atom is -0.480 e. The van der Waals surface area contributed by atoms with Crippen LogP contribution >= 0.6 is 0 Å². The van der Waals surface area contributed by atoms with Gasteiger partial charge in [0, 0.05) is 12.4 Å². The van der Waals surface area contributed by atoms with Crippen LogP contribution in [0.1, 0.15) is 29.6 Å². The summed E-state index contributed by atoms with van der Waals surface area (Å²) in [6.45, 7) is 0.517. The molecule has 1 amide bonds. The van der Waals surface area contributed by atoms with Crippen LogP contribution in [0, 0.1) is 0 Å². The number of hydrogen-bond acceptors (Lipinski definition) is 4. The largest absolute Gasteiger partial charge is 0.480 e. The standard InChI is InChI=1S/C12H17N3O3/c13-6-2-1-5-10(12(17)18)15-11(16)9-4-3-7-14-8-9/h3-4,7-8,10H,1-2,5-6,13H2,(H,15,16)(H,17,18)/t10-/m1/s1. The monoisotopic (exact) mass is 251 g/mol. The lowest BCUT2D eigenvalue weighted by molar-refractivity contribution is -0.139. The molecule has 0 aliphatic carbocycles. The fourth-order valence-corrected chi connectivity index (χ4v) is 1.49. The predicted molar refractivity (Wildman–Crippen MR) is 66.0 cm³/mol. The van der Waals surface area contributed by atoms with Crippen molar-refractivity contribution in [3.8, 4) is 0 Å². The van der Waals surface area contributed by atoms with Gasteiger partial charge >= 0.3 is 5.97 Å². The van der Waals surface area contributed by atoms with Crippen LogP contribution < -0.4 is 11.1 Å². The predicted octanol–water partition coefficient (Wildman–Crippen LogP) is 0.394. The van der Waals surface area contributed by atoms with Crippen molar-refractivity contribution >= 4 is 11.9 Å². The summed E-state index contributed by atoms with van der Waals surface area (Å²) >= 11 is 0. The number of aromatic nitrogens is 1. The quantitative estimate of drug-likeness (QED) is 0.608. The minimum atomic E-state index is -1.04. The maximum Gasteiger partial charge on any atom is 0.326 e. The lowest BCUT2D eigenvalue weighted by Crippen LogP contribution is -2.40. The number of nitrogens with zero attached hydrogens (tertiary/aromatic N) is 1. The van der Waals surface area contributed by atoms with Crippen molar-refractivity contribution in [1.29, 1.82) is 0 Å². The summed E-state index contributed by atoms with van der Waals surface area (Å²) in [7, 11) is 0. The molecule has 1 rings (SSSR count). The van der Waals surface area contributed by atoms with Crippen LogP contribution in [0.3, 0.4) is 0 Å². The summed E-state index contributed by atoms with van der Waals surface area (Å²) in [6, 6.07) is 2.32. The van der Waals surface area contributed by atoms with E-state index < -0.39 is 17.9 Å². The van der Waals surface area contributed by atoms with Crippen molar-refractivity contribution in [1.82, 2.24) is 10.3 Å². The molecule has 1 aromatic heterocycles. The van der Waals surface area contributed by atoms with Crippen molar-refractivity contribution in [2.45, 2.75) is 25.3 Å². The number of carbonyl (C=O) groups is 2. The fourth-order valence-electron chi connectivity index (χ4n) is 1.49. The molecule has 0 spiro atoms. The van der Waals surface area contributed by atoms with E-state index >= 15 is 0 Å². The average Bonchev–Trinajstić information content (AvgIpc) is 2.38. The molecular weight excluding hydrogens is 234 g/mol. The van der Waals surface area contributed by atoms with E-state index in [0.717, 1.165) is 6.42 Å². The molecule has 0 aliphatic rings. The first-order valence-corrected chi connectivity index (χ1v) is 5.79. The molecule has 1 atom stereocenters. The molecule has 0 unspecified atom stereocenters. The van der Waals surface area contributed by atoms with Gasteiger partial charge in [0.05, 0.1) is 5.56 Å². The van der Waals surface area contributed by atoms with Crippen LogP contribution in [0.2, 0.25) is 0 Å². The van der Waals surface area contributed by atoms with Crippen molar-refractivity contribution in [2.24, 2.45) is 5.73 Å². The smallest absolute Gasteiger partial charge is 0.326 e. The second-order valence-electron chi connectivity index (χ2n) is 3.89. The second kappa shape index (κ2) is 7.39. The van der Waals surface area contributed by atoms with E-state index in [1.165, 1.54) is 6.20 Å². The molecule has 1 aromatic rings. The molecule has 6 heteroatoms. The van der Waals surface area contributed by atoms with Gasteiger partial charge in [0.1, 0.15) is 6.04 Å². The maximum absolute atomic E-state index is 11.8. The number of amides is 1. The van der Waals surface area contributed by atoms with E-state index in [1.807, 2.05) is 0 Å². The molecular formula is C12H17N3O3. The van der Waals surface area contributed by atoms with Crippen LogP contribution in [-0.2, 0) is 4.79 Å². The normalized spacial score (nSPS) is 11.8. The molecule has 6 nitrogen and oxygen atoms in total. The molecule has 18 heavy (non-hydrogen) atoms. The second-order valence-corrected chi connectivity index (χ2v) is 3.89. The summed E-state index contributed by atoms with van der Waals surface area (Å²) in [5, 5.41) is 11.5. The number of nitrogens with one attached hydrogen (secondary N) is 1. The van der Waals surface area contributed by atoms with Gasteiger partial charge in [0.2, 0.25) is 0 Å². The van der Waals surface area contributed by atoms with Crippen LogP contribution in [0.5, 0.6) is 0 Å². The highest BCUT2D eigenvalue weighted by atomic mass is 16.4. The van der Waals surface area contributed by atoms with Gasteiger partial charge in [-0.1, -0.05) is 0 Å². The van der Waals surface area contributed by atoms with Gasteiger partial charge in [0.25, 0.3) is 5.91 Å². The third-order valence-electron chi connectivity index (χ3n) is 2.47. The van der Waals surface area contributed by atoms with E-state index in [9.17, 15) is 9.59 Å². The Morgan fingerprint density at radius 2 is 2.22 bits per heavy atom. The van der Waals surface area contributed by atoms with E-state index in [-0.39, 0.29) is 0 Å². The lowest BCUT2D eigenvalue weighted by Gasteiger charge is -2.14. The van der Waals surface area contributed by atoms with Gasteiger partial charge in [-0.2, -0.15) is 0 Å². The van der Waals surface area contributed by atoms with Crippen LogP contribution in [0.25, 0.3) is 0 Å². The molecule has 0 saturated heterocycles. The highest BCUT2D eigenvalue weighted by Crippen LogP contribution is 2.03. The van der Waals surface area contributed by atoms with Crippen LogP contribution in [0.4, 0.5) is 0 Å². The number of carbonyl (C=O) groups excluding carboxylic acids is 1. The zero-order valence-electron chi connectivity index (χ0n) is 10.0. The topological polar surface area (TPSA) is 105 Å². The average molecular weight is 251 g/mol. The highest BCUT2D eigenvalue weighted by Gasteiger charge is 2.19. The number of carboxylic acids is 1. The number of carboxylic acid groups (broad SMARTS) is 1. The summed E-state index contributed by atoms with van der Waals surface area (Å²) in [4.78, 5) is 26.6. The van der Waals surface area contributed by atoms with E-state index in [1.54, 1.807) is 18.3 Å². The number of rotatable bonds is 7. The molecule has 0 radical (unpaired) electrons. The first kappa shape index (κ1) is 14.1. The summed E-state index contributed by atoms with van der Waals surface area (Å²) in [5.74, 6) is -1.47. The molecule has 98 valence electrons. The Bertz CT molecular complexity index is 395. The van der Waals surface area contributed by atoms with E-state index in [4.69, 9.17) is 10.8 Å². The van der Waals surface area contributed by atoms with E-state index in [0.29, 0.717) is 24.9 Å². The molecule has 0 aliphatic heterocycles. The fraction of sp³-hybridized carbons (Fsp3) is 0.417. The maximum atomic E-state index is 11.8. The Morgan fingerprint density at radius 1 is 1.44 bits per heavy atom. The number of hydrogen-bond donors (Lipinski definition) is 3. The number of nitrogens with two attached hydrogens (primary N) is 1. The highest BCUT2D eigenvalue weighted by molar-refractivity contribution is 5.96. The summed E-state index contributed by atoms with van der Waals surface area (Å²) < 4.78 is 0. The first-order valence-electron chi connectivity index (χ1n) is 5.79. The lowest BCUT2D eigenvalue weighted by atomic mass is 10.1. The van der Waals surface area contributed by atoms with Gasteiger partial charge < -0.3 is 16.2 Å². The summed E-state index contributed by atoms with van der Waals surface area (Å²) in [6.07, 6.45) is 4.73. The SMILES string of the molecule is NCCCC[C@@H](NC(=O)c1cccnc1)C(=O)O. The minimum absolute atomic E-state index is 0.350. The Hall–Kier alpha value is -1.95. The number of pyridine rings is 1. The summed E-state index contributed by atoms with van der Waals surface area (Å²) in [5.41, 5.74) is 5.69. The zero-order valence-corrected chi connectivity index (χ0v) is 10.0. The van der Waals surface area contributed by atoms with Gasteiger partial charge in [-0.3, -0.25) is 9.78 Å². The molecule has 4 N–H and O–H groups in total. The van der Waals surface area contributed by atoms with Crippen molar-refractivity contribution in [3.05, 3.63) is 30.1 Å². The van der Waals surface area contributed by atoms with Crippen molar-refractivity contribution < 1.29 is 14.7 Å². The van der Waals surface area contributed by atoms with E-state index in [2.05, 4.69) is 10.3 Å². The van der Waals surface area contributed by atoms with Gasteiger partial charge in [-0.25, -0.2) is 4.79 Å². The Balaban J connectivity index is 2.55. The van der Waals surface area contributed by atoms with Gasteiger partial charge in [0.15, 0.2) is 0 Å². The molecule has 0 fully saturated rings. The molecule has 0 bridgehead atoms. The third-order valence-corrected chi connectivity index (χ3v) is 2.47. The number of aliphatic carboxylic acids is 1. The van der Waals surface area contributed by atoms with Crippen LogP contribution in [0.15, 0.2) is 24.5 Å². The third kappa shape index (κ3) is 4.50. The van der Waals surface area contributed by atoms with Gasteiger partial charge in [-0.15, -0.1) is 0 Å². The first-order chi connectivity index (χ1) is 8.65. The van der Waals surface area contributed by atoms with Gasteiger partial charge in [-0.05, 0) is 37.9 Å². The molecule has 0 aromatic carbocycles. The Kier molecular flexibility index (Phi) is 5.79. The molecule has 0 saturated carbocycles. The Morgan fingerprint density at radius 3 is 2.78 bits per heavy atom. The zero-order chi connectivity index (χ0) is 13.4. The number of unbranched alkanes of at least 4 members (excludes halogenated alkanes) is 1.